The van der Waals surface area contributed by atoms with Crippen molar-refractivity contribution in [3.05, 3.63) is 59.7 Å². The van der Waals surface area contributed by atoms with Crippen molar-refractivity contribution in [3.8, 4) is 0 Å². The highest BCUT2D eigenvalue weighted by Crippen LogP contribution is 2.15. The standard InChI is InChI=1S/C15H14N2O3/c16-11-7-5-10(6-8-11)9-14(18)17-13-4-2-1-3-12(13)15(19)20/h1-8H,9,16H2,(H,17,18)(H,19,20). The van der Waals surface area contributed by atoms with Crippen molar-refractivity contribution in [2.75, 3.05) is 11.1 Å². The van der Waals surface area contributed by atoms with E-state index in [1.807, 2.05) is 0 Å². The first-order valence-electron chi connectivity index (χ1n) is 6.03. The summed E-state index contributed by atoms with van der Waals surface area (Å²) in [5.41, 5.74) is 7.37. The lowest BCUT2D eigenvalue weighted by molar-refractivity contribution is -0.115. The molecule has 20 heavy (non-hydrogen) atoms. The molecule has 1 amide bonds. The van der Waals surface area contributed by atoms with Gasteiger partial charge in [-0.25, -0.2) is 4.79 Å². The molecular weight excluding hydrogens is 256 g/mol. The Bertz CT molecular complexity index is 636. The van der Waals surface area contributed by atoms with E-state index in [2.05, 4.69) is 5.32 Å². The number of nitrogen functional groups attached to an aromatic ring is 1. The molecule has 4 N–H and O–H groups in total. The summed E-state index contributed by atoms with van der Waals surface area (Å²) in [6.07, 6.45) is 0.161. The predicted molar refractivity (Wildman–Crippen MR) is 76.6 cm³/mol. The molecule has 0 aliphatic carbocycles. The van der Waals surface area contributed by atoms with E-state index in [1.54, 1.807) is 42.5 Å². The van der Waals surface area contributed by atoms with Gasteiger partial charge in [0.1, 0.15) is 0 Å². The molecule has 0 saturated carbocycles. The number of aromatic carboxylic acids is 1. The first-order valence-corrected chi connectivity index (χ1v) is 6.03. The minimum Gasteiger partial charge on any atom is -0.478 e. The lowest BCUT2D eigenvalue weighted by atomic mass is 10.1. The molecule has 102 valence electrons. The summed E-state index contributed by atoms with van der Waals surface area (Å²) in [5, 5.41) is 11.6. The Hall–Kier alpha value is -2.82. The quantitative estimate of drug-likeness (QED) is 0.742. The lowest BCUT2D eigenvalue weighted by Crippen LogP contribution is -2.16. The Morgan fingerprint density at radius 2 is 1.70 bits per heavy atom. The van der Waals surface area contributed by atoms with Crippen molar-refractivity contribution in [2.24, 2.45) is 0 Å². The van der Waals surface area contributed by atoms with Gasteiger partial charge in [-0.1, -0.05) is 24.3 Å². The molecule has 0 heterocycles. The second-order valence-electron chi connectivity index (χ2n) is 4.32. The molecule has 0 aliphatic heterocycles. The number of nitrogens with two attached hydrogens (primary N) is 1. The number of amides is 1. The Kier molecular flexibility index (Phi) is 4.00. The summed E-state index contributed by atoms with van der Waals surface area (Å²) in [6.45, 7) is 0. The van der Waals surface area contributed by atoms with Crippen LogP contribution in [0, 0.1) is 0 Å². The highest BCUT2D eigenvalue weighted by atomic mass is 16.4. The number of para-hydroxylation sites is 1. The lowest BCUT2D eigenvalue weighted by Gasteiger charge is -2.08. The number of benzene rings is 2. The van der Waals surface area contributed by atoms with Crippen molar-refractivity contribution >= 4 is 23.3 Å². The summed E-state index contributed by atoms with van der Waals surface area (Å²) in [4.78, 5) is 22.9. The number of nitrogens with one attached hydrogen (secondary N) is 1. The number of hydrogen-bond acceptors (Lipinski definition) is 3. The van der Waals surface area contributed by atoms with Gasteiger partial charge in [-0.2, -0.15) is 0 Å². The maximum atomic E-state index is 11.9. The van der Waals surface area contributed by atoms with Gasteiger partial charge in [0, 0.05) is 5.69 Å². The number of anilines is 2. The monoisotopic (exact) mass is 270 g/mol. The zero-order valence-corrected chi connectivity index (χ0v) is 10.7. The molecule has 0 aliphatic rings. The Morgan fingerprint density at radius 3 is 2.35 bits per heavy atom. The van der Waals surface area contributed by atoms with Gasteiger partial charge in [0.05, 0.1) is 17.7 Å². The highest BCUT2D eigenvalue weighted by molar-refractivity contribution is 6.00. The summed E-state index contributed by atoms with van der Waals surface area (Å²) < 4.78 is 0. The van der Waals surface area contributed by atoms with Crippen LogP contribution in [0.15, 0.2) is 48.5 Å². The Morgan fingerprint density at radius 1 is 1.05 bits per heavy atom. The van der Waals surface area contributed by atoms with Crippen molar-refractivity contribution in [1.29, 1.82) is 0 Å². The smallest absolute Gasteiger partial charge is 0.337 e. The third-order valence-corrected chi connectivity index (χ3v) is 2.78. The third kappa shape index (κ3) is 3.35. The van der Waals surface area contributed by atoms with Crippen LogP contribution in [-0.4, -0.2) is 17.0 Å². The molecule has 0 aromatic heterocycles. The van der Waals surface area contributed by atoms with Crippen LogP contribution in [-0.2, 0) is 11.2 Å². The third-order valence-electron chi connectivity index (χ3n) is 2.78. The van der Waals surface area contributed by atoms with E-state index in [0.29, 0.717) is 11.4 Å². The normalized spacial score (nSPS) is 10.0. The molecule has 2 rings (SSSR count). The van der Waals surface area contributed by atoms with E-state index >= 15 is 0 Å². The molecule has 0 spiro atoms. The van der Waals surface area contributed by atoms with Crippen LogP contribution in [0.5, 0.6) is 0 Å². The van der Waals surface area contributed by atoms with Gasteiger partial charge in [0.15, 0.2) is 0 Å². The summed E-state index contributed by atoms with van der Waals surface area (Å²) in [5.74, 6) is -1.35. The van der Waals surface area contributed by atoms with Crippen LogP contribution < -0.4 is 11.1 Å². The molecule has 0 unspecified atom stereocenters. The van der Waals surface area contributed by atoms with Gasteiger partial charge >= 0.3 is 5.97 Å². The molecule has 2 aromatic rings. The predicted octanol–water partition coefficient (Wildman–Crippen LogP) is 2.15. The van der Waals surface area contributed by atoms with Crippen molar-refractivity contribution < 1.29 is 14.7 Å². The fraction of sp³-hybridized carbons (Fsp3) is 0.0667. The van der Waals surface area contributed by atoms with Crippen LogP contribution in [0.3, 0.4) is 0 Å². The molecule has 0 fully saturated rings. The average molecular weight is 270 g/mol. The molecule has 0 atom stereocenters. The van der Waals surface area contributed by atoms with Gasteiger partial charge in [-0.3, -0.25) is 4.79 Å². The number of carbonyl (C=O) groups is 2. The minimum atomic E-state index is -1.08. The molecule has 0 bridgehead atoms. The van der Waals surface area contributed by atoms with E-state index in [4.69, 9.17) is 10.8 Å². The van der Waals surface area contributed by atoms with Crippen molar-refractivity contribution in [3.63, 3.8) is 0 Å². The van der Waals surface area contributed by atoms with Gasteiger partial charge in [0.25, 0.3) is 0 Å². The maximum absolute atomic E-state index is 11.9. The molecule has 0 saturated heterocycles. The fourth-order valence-electron chi connectivity index (χ4n) is 1.79. The van der Waals surface area contributed by atoms with E-state index in [0.717, 1.165) is 5.56 Å². The van der Waals surface area contributed by atoms with Crippen LogP contribution in [0.1, 0.15) is 15.9 Å². The van der Waals surface area contributed by atoms with Crippen molar-refractivity contribution in [1.82, 2.24) is 0 Å². The first-order chi connectivity index (χ1) is 9.56. The fourth-order valence-corrected chi connectivity index (χ4v) is 1.79. The number of carboxylic acid groups (broad SMARTS) is 1. The molecular formula is C15H14N2O3. The van der Waals surface area contributed by atoms with Gasteiger partial charge in [0.2, 0.25) is 5.91 Å². The van der Waals surface area contributed by atoms with Gasteiger partial charge in [-0.15, -0.1) is 0 Å². The van der Waals surface area contributed by atoms with Gasteiger partial charge in [-0.05, 0) is 29.8 Å². The minimum absolute atomic E-state index is 0.0677. The number of carboxylic acids is 1. The van der Waals surface area contributed by atoms with E-state index in [1.165, 1.54) is 6.07 Å². The number of carbonyl (C=O) groups excluding carboxylic acids is 1. The largest absolute Gasteiger partial charge is 0.478 e. The second kappa shape index (κ2) is 5.88. The van der Waals surface area contributed by atoms with Gasteiger partial charge < -0.3 is 16.2 Å². The van der Waals surface area contributed by atoms with Crippen molar-refractivity contribution in [2.45, 2.75) is 6.42 Å². The van der Waals surface area contributed by atoms with Crippen LogP contribution in [0.2, 0.25) is 0 Å². The van der Waals surface area contributed by atoms with E-state index in [9.17, 15) is 9.59 Å². The SMILES string of the molecule is Nc1ccc(CC(=O)Nc2ccccc2C(=O)O)cc1. The second-order valence-corrected chi connectivity index (χ2v) is 4.32. The maximum Gasteiger partial charge on any atom is 0.337 e. The summed E-state index contributed by atoms with van der Waals surface area (Å²) >= 11 is 0. The van der Waals surface area contributed by atoms with Crippen LogP contribution in [0.25, 0.3) is 0 Å². The molecule has 2 aromatic carbocycles. The van der Waals surface area contributed by atoms with E-state index in [-0.39, 0.29) is 17.9 Å². The van der Waals surface area contributed by atoms with Crippen LogP contribution >= 0.6 is 0 Å². The zero-order chi connectivity index (χ0) is 14.5. The average Bonchev–Trinajstić information content (AvgIpc) is 2.41. The number of rotatable bonds is 4. The Balaban J connectivity index is 2.08. The molecule has 5 heteroatoms. The zero-order valence-electron chi connectivity index (χ0n) is 10.7. The number of hydrogen-bond donors (Lipinski definition) is 3. The highest BCUT2D eigenvalue weighted by Gasteiger charge is 2.11. The summed E-state index contributed by atoms with van der Waals surface area (Å²) in [7, 11) is 0. The van der Waals surface area contributed by atoms with Crippen LogP contribution in [0.4, 0.5) is 11.4 Å². The molecule has 0 radical (unpaired) electrons. The topological polar surface area (TPSA) is 92.4 Å². The summed E-state index contributed by atoms with van der Waals surface area (Å²) in [6, 6.07) is 13.2. The first kappa shape index (κ1) is 13.6. The van der Waals surface area contributed by atoms with E-state index < -0.39 is 5.97 Å². The molecule has 5 nitrogen and oxygen atoms in total. The Labute approximate surface area is 116 Å².